The summed E-state index contributed by atoms with van der Waals surface area (Å²) in [5, 5.41) is 0. The molecule has 21 heavy (non-hydrogen) atoms. The molecule has 1 atom stereocenters. The minimum Gasteiger partial charge on any atom is -0.397 e. The standard InChI is InChI=1S/C15H21F3N2O/c1-2-8-21-12-4-3-7-20(10-12)14-6-5-11(9-13(14)19)15(16,17)18/h5-6,9,12H,2-4,7-8,10,19H2,1H3. The minimum absolute atomic E-state index is 0.125. The number of alkyl halides is 3. The van der Waals surface area contributed by atoms with Gasteiger partial charge in [0.25, 0.3) is 0 Å². The molecule has 1 aliphatic rings. The number of nitrogens with zero attached hydrogens (tertiary/aromatic N) is 1. The molecule has 1 unspecified atom stereocenters. The smallest absolute Gasteiger partial charge is 0.397 e. The highest BCUT2D eigenvalue weighted by Gasteiger charge is 2.31. The van der Waals surface area contributed by atoms with Crippen molar-refractivity contribution in [2.75, 3.05) is 30.3 Å². The summed E-state index contributed by atoms with van der Waals surface area (Å²) < 4.78 is 43.7. The quantitative estimate of drug-likeness (QED) is 0.862. The van der Waals surface area contributed by atoms with Gasteiger partial charge in [-0.2, -0.15) is 13.2 Å². The number of rotatable bonds is 4. The molecular formula is C15H21F3N2O. The zero-order chi connectivity index (χ0) is 15.5. The first kappa shape index (κ1) is 15.9. The first-order valence-electron chi connectivity index (χ1n) is 7.25. The molecule has 2 N–H and O–H groups in total. The van der Waals surface area contributed by atoms with Crippen molar-refractivity contribution in [2.45, 2.75) is 38.5 Å². The number of hydrogen-bond acceptors (Lipinski definition) is 3. The molecule has 0 bridgehead atoms. The summed E-state index contributed by atoms with van der Waals surface area (Å²) in [7, 11) is 0. The van der Waals surface area contributed by atoms with Gasteiger partial charge in [-0.3, -0.25) is 0 Å². The Balaban J connectivity index is 2.10. The second-order valence-corrected chi connectivity index (χ2v) is 5.35. The number of halogens is 3. The highest BCUT2D eigenvalue weighted by Crippen LogP contribution is 2.35. The second kappa shape index (κ2) is 6.56. The van der Waals surface area contributed by atoms with Crippen molar-refractivity contribution in [2.24, 2.45) is 0 Å². The Labute approximate surface area is 122 Å². The second-order valence-electron chi connectivity index (χ2n) is 5.35. The van der Waals surface area contributed by atoms with E-state index in [1.807, 2.05) is 4.90 Å². The topological polar surface area (TPSA) is 38.5 Å². The van der Waals surface area contributed by atoms with Crippen LogP contribution in [0, 0.1) is 0 Å². The molecule has 0 spiro atoms. The Bertz CT molecular complexity index is 476. The summed E-state index contributed by atoms with van der Waals surface area (Å²) in [5.41, 5.74) is 5.93. The number of nitrogens with two attached hydrogens (primary N) is 1. The maximum absolute atomic E-state index is 12.7. The normalized spacial score (nSPS) is 19.8. The molecule has 1 saturated heterocycles. The fourth-order valence-corrected chi connectivity index (χ4v) is 2.60. The maximum atomic E-state index is 12.7. The van der Waals surface area contributed by atoms with Crippen molar-refractivity contribution in [1.82, 2.24) is 0 Å². The lowest BCUT2D eigenvalue weighted by atomic mass is 10.1. The van der Waals surface area contributed by atoms with Crippen LogP contribution in [0.3, 0.4) is 0 Å². The lowest BCUT2D eigenvalue weighted by molar-refractivity contribution is -0.137. The van der Waals surface area contributed by atoms with Gasteiger partial charge in [-0.15, -0.1) is 0 Å². The highest BCUT2D eigenvalue weighted by atomic mass is 19.4. The summed E-state index contributed by atoms with van der Waals surface area (Å²) in [5.74, 6) is 0. The molecule has 3 nitrogen and oxygen atoms in total. The number of nitrogen functional groups attached to an aromatic ring is 1. The monoisotopic (exact) mass is 302 g/mol. The molecule has 0 amide bonds. The van der Waals surface area contributed by atoms with Crippen LogP contribution in [-0.4, -0.2) is 25.8 Å². The number of hydrogen-bond donors (Lipinski definition) is 1. The molecule has 1 aromatic carbocycles. The Morgan fingerprint density at radius 1 is 1.38 bits per heavy atom. The number of ether oxygens (including phenoxy) is 1. The van der Waals surface area contributed by atoms with Crippen LogP contribution in [0.1, 0.15) is 31.7 Å². The average molecular weight is 302 g/mol. The van der Waals surface area contributed by atoms with Gasteiger partial charge >= 0.3 is 6.18 Å². The third-order valence-electron chi connectivity index (χ3n) is 3.63. The lowest BCUT2D eigenvalue weighted by Crippen LogP contribution is -2.40. The molecule has 1 aliphatic heterocycles. The Hall–Kier alpha value is -1.43. The molecule has 1 aromatic rings. The van der Waals surface area contributed by atoms with Crippen LogP contribution < -0.4 is 10.6 Å². The fourth-order valence-electron chi connectivity index (χ4n) is 2.60. The third kappa shape index (κ3) is 4.03. The van der Waals surface area contributed by atoms with Gasteiger partial charge in [0.15, 0.2) is 0 Å². The molecule has 0 radical (unpaired) electrons. The van der Waals surface area contributed by atoms with E-state index in [0.29, 0.717) is 18.8 Å². The van der Waals surface area contributed by atoms with Gasteiger partial charge in [0, 0.05) is 19.7 Å². The van der Waals surface area contributed by atoms with E-state index in [9.17, 15) is 13.2 Å². The van der Waals surface area contributed by atoms with Crippen molar-refractivity contribution >= 4 is 11.4 Å². The van der Waals surface area contributed by atoms with E-state index >= 15 is 0 Å². The first-order valence-corrected chi connectivity index (χ1v) is 7.25. The minimum atomic E-state index is -4.36. The van der Waals surface area contributed by atoms with Gasteiger partial charge in [-0.25, -0.2) is 0 Å². The van der Waals surface area contributed by atoms with Crippen LogP contribution in [-0.2, 0) is 10.9 Å². The van der Waals surface area contributed by atoms with Crippen LogP contribution in [0.4, 0.5) is 24.5 Å². The van der Waals surface area contributed by atoms with Gasteiger partial charge in [-0.05, 0) is 37.5 Å². The molecule has 6 heteroatoms. The predicted octanol–water partition coefficient (Wildman–Crippen LogP) is 3.68. The van der Waals surface area contributed by atoms with Crippen molar-refractivity contribution < 1.29 is 17.9 Å². The zero-order valence-electron chi connectivity index (χ0n) is 12.1. The van der Waals surface area contributed by atoms with Crippen molar-refractivity contribution in [3.63, 3.8) is 0 Å². The van der Waals surface area contributed by atoms with E-state index in [1.54, 1.807) is 0 Å². The molecule has 1 heterocycles. The van der Waals surface area contributed by atoms with Gasteiger partial charge in [0.1, 0.15) is 0 Å². The molecule has 1 fully saturated rings. The summed E-state index contributed by atoms with van der Waals surface area (Å²) in [4.78, 5) is 2.01. The molecule has 118 valence electrons. The Morgan fingerprint density at radius 2 is 2.14 bits per heavy atom. The molecule has 2 rings (SSSR count). The third-order valence-corrected chi connectivity index (χ3v) is 3.63. The van der Waals surface area contributed by atoms with E-state index < -0.39 is 11.7 Å². The van der Waals surface area contributed by atoms with Gasteiger partial charge in [0.2, 0.25) is 0 Å². The van der Waals surface area contributed by atoms with Crippen LogP contribution in [0.15, 0.2) is 18.2 Å². The van der Waals surface area contributed by atoms with Crippen LogP contribution in [0.25, 0.3) is 0 Å². The molecule has 0 saturated carbocycles. The first-order chi connectivity index (χ1) is 9.91. The zero-order valence-corrected chi connectivity index (χ0v) is 12.1. The highest BCUT2D eigenvalue weighted by molar-refractivity contribution is 5.69. The number of benzene rings is 1. The average Bonchev–Trinajstić information content (AvgIpc) is 2.44. The van der Waals surface area contributed by atoms with Crippen LogP contribution in [0.5, 0.6) is 0 Å². The SMILES string of the molecule is CCCOC1CCCN(c2ccc(C(F)(F)F)cc2N)C1. The van der Waals surface area contributed by atoms with E-state index in [-0.39, 0.29) is 11.8 Å². The van der Waals surface area contributed by atoms with E-state index in [2.05, 4.69) is 6.92 Å². The lowest BCUT2D eigenvalue weighted by Gasteiger charge is -2.35. The number of anilines is 2. The van der Waals surface area contributed by atoms with Crippen LogP contribution >= 0.6 is 0 Å². The van der Waals surface area contributed by atoms with Crippen molar-refractivity contribution in [1.29, 1.82) is 0 Å². The Kier molecular flexibility index (Phi) is 4.98. The van der Waals surface area contributed by atoms with E-state index in [1.165, 1.54) is 6.07 Å². The van der Waals surface area contributed by atoms with Gasteiger partial charge < -0.3 is 15.4 Å². The molecular weight excluding hydrogens is 281 g/mol. The van der Waals surface area contributed by atoms with Crippen molar-refractivity contribution in [3.05, 3.63) is 23.8 Å². The van der Waals surface area contributed by atoms with E-state index in [0.717, 1.165) is 37.9 Å². The van der Waals surface area contributed by atoms with E-state index in [4.69, 9.17) is 10.5 Å². The van der Waals surface area contributed by atoms with Gasteiger partial charge in [-0.1, -0.05) is 6.92 Å². The fraction of sp³-hybridized carbons (Fsp3) is 0.600. The summed E-state index contributed by atoms with van der Waals surface area (Å²) in [6.45, 7) is 4.23. The van der Waals surface area contributed by atoms with Gasteiger partial charge in [0.05, 0.1) is 23.0 Å². The summed E-state index contributed by atoms with van der Waals surface area (Å²) in [6, 6.07) is 3.55. The summed E-state index contributed by atoms with van der Waals surface area (Å²) >= 11 is 0. The Morgan fingerprint density at radius 3 is 2.76 bits per heavy atom. The van der Waals surface area contributed by atoms with Crippen molar-refractivity contribution in [3.8, 4) is 0 Å². The predicted molar refractivity (Wildman–Crippen MR) is 77.3 cm³/mol. The largest absolute Gasteiger partial charge is 0.416 e. The van der Waals surface area contributed by atoms with Crippen LogP contribution in [0.2, 0.25) is 0 Å². The number of piperidine rings is 1. The summed E-state index contributed by atoms with van der Waals surface area (Å²) in [6.07, 6.45) is -1.34. The molecule has 0 aromatic heterocycles. The maximum Gasteiger partial charge on any atom is 0.416 e. The molecule has 0 aliphatic carbocycles.